The lowest BCUT2D eigenvalue weighted by Crippen LogP contribution is -2.32. The van der Waals surface area contributed by atoms with Crippen molar-refractivity contribution < 1.29 is 4.79 Å². The lowest BCUT2D eigenvalue weighted by atomic mass is 9.89. The number of carbonyl (C=O) groups is 1. The van der Waals surface area contributed by atoms with Gasteiger partial charge in [-0.1, -0.05) is 19.3 Å². The summed E-state index contributed by atoms with van der Waals surface area (Å²) < 4.78 is 0. The van der Waals surface area contributed by atoms with Crippen LogP contribution in [-0.2, 0) is 0 Å². The van der Waals surface area contributed by atoms with E-state index >= 15 is 0 Å². The van der Waals surface area contributed by atoms with Gasteiger partial charge in [0.15, 0.2) is 0 Å². The molecule has 0 aliphatic heterocycles. The summed E-state index contributed by atoms with van der Waals surface area (Å²) >= 11 is 0. The molecule has 1 fully saturated rings. The largest absolute Gasteiger partial charge is 0.341 e. The minimum atomic E-state index is 0.0908. The molecule has 3 nitrogen and oxygen atoms in total. The van der Waals surface area contributed by atoms with Gasteiger partial charge in [0.25, 0.3) is 5.91 Å². The summed E-state index contributed by atoms with van der Waals surface area (Å²) in [6, 6.07) is 3.75. The summed E-state index contributed by atoms with van der Waals surface area (Å²) in [5.74, 6) is 0.777. The summed E-state index contributed by atoms with van der Waals surface area (Å²) in [6.45, 7) is 2.81. The van der Waals surface area contributed by atoms with Gasteiger partial charge in [-0.05, 0) is 37.8 Å². The Morgan fingerprint density at radius 2 is 2.06 bits per heavy atom. The van der Waals surface area contributed by atoms with Gasteiger partial charge >= 0.3 is 0 Å². The average molecular weight is 246 g/mol. The van der Waals surface area contributed by atoms with Crippen molar-refractivity contribution in [1.82, 2.24) is 9.88 Å². The zero-order valence-electron chi connectivity index (χ0n) is 11.4. The van der Waals surface area contributed by atoms with E-state index in [1.54, 1.807) is 6.20 Å². The highest BCUT2D eigenvalue weighted by molar-refractivity contribution is 5.93. The standard InChI is InChI=1S/C15H22N2O/c1-12-8-9-14(10-16-12)15(18)17(2)11-13-6-4-3-5-7-13/h8-10,13H,3-7,11H2,1-2H3. The topological polar surface area (TPSA) is 33.2 Å². The van der Waals surface area contributed by atoms with E-state index in [-0.39, 0.29) is 5.91 Å². The molecule has 1 saturated carbocycles. The Morgan fingerprint density at radius 1 is 1.33 bits per heavy atom. The van der Waals surface area contributed by atoms with Crippen LogP contribution in [0.15, 0.2) is 18.3 Å². The molecule has 1 aromatic heterocycles. The van der Waals surface area contributed by atoms with E-state index in [9.17, 15) is 4.79 Å². The van der Waals surface area contributed by atoms with Gasteiger partial charge in [0.1, 0.15) is 0 Å². The minimum Gasteiger partial charge on any atom is -0.341 e. The Labute approximate surface area is 109 Å². The Kier molecular flexibility index (Phi) is 4.34. The molecule has 0 bridgehead atoms. The van der Waals surface area contributed by atoms with Gasteiger partial charge in [-0.25, -0.2) is 0 Å². The van der Waals surface area contributed by atoms with E-state index in [0.717, 1.165) is 12.2 Å². The Hall–Kier alpha value is -1.38. The summed E-state index contributed by atoms with van der Waals surface area (Å²) in [7, 11) is 1.90. The number of carbonyl (C=O) groups excluding carboxylic acids is 1. The monoisotopic (exact) mass is 246 g/mol. The highest BCUT2D eigenvalue weighted by Gasteiger charge is 2.19. The van der Waals surface area contributed by atoms with Gasteiger partial charge in [-0.3, -0.25) is 9.78 Å². The van der Waals surface area contributed by atoms with Gasteiger partial charge in [-0.15, -0.1) is 0 Å². The fourth-order valence-electron chi connectivity index (χ4n) is 2.65. The molecule has 1 aliphatic rings. The van der Waals surface area contributed by atoms with Gasteiger partial charge in [0, 0.05) is 25.5 Å². The van der Waals surface area contributed by atoms with Crippen LogP contribution >= 0.6 is 0 Å². The fourth-order valence-corrected chi connectivity index (χ4v) is 2.65. The first-order valence-electron chi connectivity index (χ1n) is 6.85. The predicted molar refractivity (Wildman–Crippen MR) is 72.5 cm³/mol. The highest BCUT2D eigenvalue weighted by atomic mass is 16.2. The minimum absolute atomic E-state index is 0.0908. The Bertz CT molecular complexity index is 393. The number of hydrogen-bond donors (Lipinski definition) is 0. The van der Waals surface area contributed by atoms with Crippen LogP contribution < -0.4 is 0 Å². The van der Waals surface area contributed by atoms with E-state index in [2.05, 4.69) is 4.98 Å². The van der Waals surface area contributed by atoms with Crippen LogP contribution in [0, 0.1) is 12.8 Å². The number of rotatable bonds is 3. The number of pyridine rings is 1. The molecule has 98 valence electrons. The van der Waals surface area contributed by atoms with Crippen molar-refractivity contribution in [2.75, 3.05) is 13.6 Å². The van der Waals surface area contributed by atoms with E-state index in [0.29, 0.717) is 11.5 Å². The van der Waals surface area contributed by atoms with Crippen molar-refractivity contribution in [2.45, 2.75) is 39.0 Å². The van der Waals surface area contributed by atoms with Crippen LogP contribution in [-0.4, -0.2) is 29.4 Å². The molecule has 1 heterocycles. The number of aryl methyl sites for hydroxylation is 1. The molecule has 18 heavy (non-hydrogen) atoms. The second-order valence-corrected chi connectivity index (χ2v) is 5.38. The third kappa shape index (κ3) is 3.31. The number of amides is 1. The maximum absolute atomic E-state index is 12.2. The molecular formula is C15H22N2O. The normalized spacial score (nSPS) is 16.6. The van der Waals surface area contributed by atoms with Gasteiger partial charge in [0.2, 0.25) is 0 Å². The van der Waals surface area contributed by atoms with Crippen molar-refractivity contribution in [3.63, 3.8) is 0 Å². The van der Waals surface area contributed by atoms with Gasteiger partial charge < -0.3 is 4.90 Å². The smallest absolute Gasteiger partial charge is 0.255 e. The average Bonchev–Trinajstić information content (AvgIpc) is 2.40. The second kappa shape index (κ2) is 5.98. The zero-order chi connectivity index (χ0) is 13.0. The van der Waals surface area contributed by atoms with E-state index < -0.39 is 0 Å². The molecule has 0 radical (unpaired) electrons. The first kappa shape index (κ1) is 13.1. The highest BCUT2D eigenvalue weighted by Crippen LogP contribution is 2.24. The molecule has 0 unspecified atom stereocenters. The first-order valence-corrected chi connectivity index (χ1v) is 6.85. The fraction of sp³-hybridized carbons (Fsp3) is 0.600. The molecule has 1 aromatic rings. The van der Waals surface area contributed by atoms with Crippen LogP contribution in [0.4, 0.5) is 0 Å². The quantitative estimate of drug-likeness (QED) is 0.821. The third-order valence-electron chi connectivity index (χ3n) is 3.76. The third-order valence-corrected chi connectivity index (χ3v) is 3.76. The summed E-state index contributed by atoms with van der Waals surface area (Å²) in [5, 5.41) is 0. The lowest BCUT2D eigenvalue weighted by Gasteiger charge is -2.27. The molecule has 2 rings (SSSR count). The van der Waals surface area contributed by atoms with Crippen LogP contribution in [0.5, 0.6) is 0 Å². The molecule has 0 aromatic carbocycles. The van der Waals surface area contributed by atoms with Crippen LogP contribution in [0.3, 0.4) is 0 Å². The van der Waals surface area contributed by atoms with Crippen LogP contribution in [0.2, 0.25) is 0 Å². The molecule has 1 aliphatic carbocycles. The van der Waals surface area contributed by atoms with Crippen LogP contribution in [0.1, 0.15) is 48.2 Å². The Morgan fingerprint density at radius 3 is 2.67 bits per heavy atom. The van der Waals surface area contributed by atoms with E-state index in [4.69, 9.17) is 0 Å². The van der Waals surface area contributed by atoms with Crippen molar-refractivity contribution in [1.29, 1.82) is 0 Å². The van der Waals surface area contributed by atoms with Crippen LogP contribution in [0.25, 0.3) is 0 Å². The van der Waals surface area contributed by atoms with Crippen molar-refractivity contribution in [3.05, 3.63) is 29.6 Å². The van der Waals surface area contributed by atoms with Gasteiger partial charge in [-0.2, -0.15) is 0 Å². The van der Waals surface area contributed by atoms with Crippen molar-refractivity contribution in [2.24, 2.45) is 5.92 Å². The summed E-state index contributed by atoms with van der Waals surface area (Å²) in [6.07, 6.45) is 8.20. The van der Waals surface area contributed by atoms with E-state index in [1.807, 2.05) is 31.0 Å². The zero-order valence-corrected chi connectivity index (χ0v) is 11.4. The van der Waals surface area contributed by atoms with E-state index in [1.165, 1.54) is 32.1 Å². The molecule has 0 saturated heterocycles. The predicted octanol–water partition coefficient (Wildman–Crippen LogP) is 3.04. The molecule has 0 spiro atoms. The summed E-state index contributed by atoms with van der Waals surface area (Å²) in [4.78, 5) is 18.2. The molecule has 0 N–H and O–H groups in total. The van der Waals surface area contributed by atoms with Gasteiger partial charge in [0.05, 0.1) is 5.56 Å². The molecule has 1 amide bonds. The second-order valence-electron chi connectivity index (χ2n) is 5.38. The molecule has 0 atom stereocenters. The van der Waals surface area contributed by atoms with Crippen molar-refractivity contribution in [3.8, 4) is 0 Å². The first-order chi connectivity index (χ1) is 8.66. The number of nitrogens with zero attached hydrogens (tertiary/aromatic N) is 2. The number of aromatic nitrogens is 1. The SMILES string of the molecule is Cc1ccc(C(=O)N(C)CC2CCCCC2)cn1. The molecular weight excluding hydrogens is 224 g/mol. The summed E-state index contributed by atoms with van der Waals surface area (Å²) in [5.41, 5.74) is 1.64. The number of hydrogen-bond acceptors (Lipinski definition) is 2. The maximum Gasteiger partial charge on any atom is 0.255 e. The van der Waals surface area contributed by atoms with Crippen molar-refractivity contribution >= 4 is 5.91 Å². The Balaban J connectivity index is 1.93. The molecule has 3 heteroatoms. The maximum atomic E-state index is 12.2. The lowest BCUT2D eigenvalue weighted by molar-refractivity contribution is 0.0760.